The molecule has 1 unspecified atom stereocenters. The fourth-order valence-corrected chi connectivity index (χ4v) is 2.86. The van der Waals surface area contributed by atoms with E-state index in [0.29, 0.717) is 0 Å². The zero-order valence-corrected chi connectivity index (χ0v) is 13.5. The molecule has 0 radical (unpaired) electrons. The molecule has 0 saturated carbocycles. The summed E-state index contributed by atoms with van der Waals surface area (Å²) in [5.74, 6) is -1.11. The molecule has 2 aromatic heterocycles. The van der Waals surface area contributed by atoms with E-state index in [2.05, 4.69) is 14.7 Å². The number of carbonyl (C=O) groups is 1. The Labute approximate surface area is 144 Å². The molecule has 0 bridgehead atoms. The van der Waals surface area contributed by atoms with Crippen LogP contribution in [-0.4, -0.2) is 72.4 Å². The Morgan fingerprint density at radius 2 is 2.08 bits per heavy atom. The number of fused-ring (bicyclic) bond motifs is 1. The summed E-state index contributed by atoms with van der Waals surface area (Å²) in [7, 11) is 1.11. The van der Waals surface area contributed by atoms with Crippen molar-refractivity contribution < 1.29 is 29.6 Å². The number of esters is 1. The maximum absolute atomic E-state index is 12.8. The molecular formula is C13H17N5O8. The molecule has 1 saturated heterocycles. The van der Waals surface area contributed by atoms with Crippen LogP contribution >= 0.6 is 0 Å². The molecule has 13 nitrogen and oxygen atoms in total. The summed E-state index contributed by atoms with van der Waals surface area (Å²) in [5, 5.41) is 29.3. The number of nitrogens with one attached hydrogen (secondary N) is 1. The highest BCUT2D eigenvalue weighted by molar-refractivity contribution is 5.76. The number of aromatic nitrogens is 4. The van der Waals surface area contributed by atoms with Gasteiger partial charge in [0.25, 0.3) is 5.56 Å². The lowest BCUT2D eigenvalue weighted by atomic mass is 10.1. The van der Waals surface area contributed by atoms with Crippen LogP contribution in [0, 0.1) is 0 Å². The lowest BCUT2D eigenvalue weighted by molar-refractivity contribution is -0.141. The summed E-state index contributed by atoms with van der Waals surface area (Å²) < 4.78 is 11.4. The molecule has 4 atom stereocenters. The average Bonchev–Trinajstić information content (AvgIpc) is 3.02. The number of hydrogen-bond acceptors (Lipinski definition) is 10. The van der Waals surface area contributed by atoms with E-state index in [1.165, 1.54) is 0 Å². The SMILES string of the molecule is COC(=O)Cn1c(=O)n([C@@H]2OC(CO)[C@H](O)[C@H]2O)c2nc(N)[nH]c(=O)c21. The van der Waals surface area contributed by atoms with Gasteiger partial charge in [-0.05, 0) is 0 Å². The summed E-state index contributed by atoms with van der Waals surface area (Å²) in [6.45, 7) is -1.21. The summed E-state index contributed by atoms with van der Waals surface area (Å²) in [4.78, 5) is 42.7. The van der Waals surface area contributed by atoms with Gasteiger partial charge in [-0.1, -0.05) is 0 Å². The van der Waals surface area contributed by atoms with Gasteiger partial charge in [0, 0.05) is 0 Å². The van der Waals surface area contributed by atoms with E-state index in [-0.39, 0.29) is 17.1 Å². The molecule has 3 heterocycles. The largest absolute Gasteiger partial charge is 0.468 e. The number of aromatic amines is 1. The second-order valence-electron chi connectivity index (χ2n) is 5.67. The standard InChI is InChI=1S/C13H17N5O8/c1-25-5(20)2-17-6-9(15-12(14)16-10(6)23)18(13(17)24)11-8(22)7(21)4(3-19)26-11/h4,7-8,11,19,21-22H,2-3H2,1H3,(H3,14,15,16,23)/t4?,7-,8+,11+/m0/s1. The first-order valence-corrected chi connectivity index (χ1v) is 7.50. The van der Waals surface area contributed by atoms with Gasteiger partial charge < -0.3 is 30.5 Å². The monoisotopic (exact) mass is 371 g/mol. The van der Waals surface area contributed by atoms with Crippen LogP contribution in [0.2, 0.25) is 0 Å². The van der Waals surface area contributed by atoms with Crippen LogP contribution in [0.15, 0.2) is 9.59 Å². The van der Waals surface area contributed by atoms with Crippen molar-refractivity contribution in [2.24, 2.45) is 0 Å². The summed E-state index contributed by atoms with van der Waals surface area (Å²) in [6.07, 6.45) is -5.68. The van der Waals surface area contributed by atoms with Crippen LogP contribution in [0.4, 0.5) is 5.95 Å². The topological polar surface area (TPSA) is 195 Å². The van der Waals surface area contributed by atoms with E-state index in [1.54, 1.807) is 0 Å². The van der Waals surface area contributed by atoms with Crippen LogP contribution in [0.25, 0.3) is 11.2 Å². The number of nitrogens with zero attached hydrogens (tertiary/aromatic N) is 3. The number of nitrogen functional groups attached to an aromatic ring is 1. The van der Waals surface area contributed by atoms with Crippen molar-refractivity contribution in [1.29, 1.82) is 0 Å². The number of aliphatic hydroxyl groups is 3. The number of ether oxygens (including phenoxy) is 2. The van der Waals surface area contributed by atoms with Crippen molar-refractivity contribution in [3.63, 3.8) is 0 Å². The lowest BCUT2D eigenvalue weighted by Gasteiger charge is -2.15. The molecule has 13 heteroatoms. The van der Waals surface area contributed by atoms with Gasteiger partial charge in [0.2, 0.25) is 5.95 Å². The van der Waals surface area contributed by atoms with Gasteiger partial charge >= 0.3 is 11.7 Å². The lowest BCUT2D eigenvalue weighted by Crippen LogP contribution is -2.36. The smallest absolute Gasteiger partial charge is 0.333 e. The number of nitrogens with two attached hydrogens (primary N) is 1. The molecular weight excluding hydrogens is 354 g/mol. The number of carbonyl (C=O) groups excluding carboxylic acids is 1. The maximum atomic E-state index is 12.8. The van der Waals surface area contributed by atoms with Crippen LogP contribution in [0.5, 0.6) is 0 Å². The fourth-order valence-electron chi connectivity index (χ4n) is 2.86. The van der Waals surface area contributed by atoms with Gasteiger partial charge in [-0.2, -0.15) is 4.98 Å². The first-order chi connectivity index (χ1) is 12.3. The number of anilines is 1. The van der Waals surface area contributed by atoms with Gasteiger partial charge in [-0.15, -0.1) is 0 Å². The summed E-state index contributed by atoms with van der Waals surface area (Å²) in [6, 6.07) is 0. The minimum atomic E-state index is -1.59. The highest BCUT2D eigenvalue weighted by Gasteiger charge is 2.45. The van der Waals surface area contributed by atoms with E-state index in [0.717, 1.165) is 16.2 Å². The minimum absolute atomic E-state index is 0.255. The van der Waals surface area contributed by atoms with E-state index in [4.69, 9.17) is 10.5 Å². The van der Waals surface area contributed by atoms with Crippen LogP contribution in [0.1, 0.15) is 6.23 Å². The Hall–Kier alpha value is -2.74. The normalized spacial score (nSPS) is 25.7. The van der Waals surface area contributed by atoms with Gasteiger partial charge in [-0.3, -0.25) is 19.1 Å². The molecule has 1 aliphatic rings. The molecule has 6 N–H and O–H groups in total. The number of methoxy groups -OCH3 is 1. The molecule has 26 heavy (non-hydrogen) atoms. The van der Waals surface area contributed by atoms with Crippen molar-refractivity contribution in [2.45, 2.75) is 31.1 Å². The van der Waals surface area contributed by atoms with Gasteiger partial charge in [0.05, 0.1) is 13.7 Å². The van der Waals surface area contributed by atoms with Gasteiger partial charge in [-0.25, -0.2) is 9.36 Å². The highest BCUT2D eigenvalue weighted by atomic mass is 16.6. The molecule has 0 aromatic carbocycles. The van der Waals surface area contributed by atoms with E-state index in [1.807, 2.05) is 0 Å². The predicted octanol–water partition coefficient (Wildman–Crippen LogP) is -3.75. The molecule has 2 aromatic rings. The summed E-state index contributed by atoms with van der Waals surface area (Å²) in [5.41, 5.74) is 3.27. The number of aliphatic hydroxyl groups excluding tert-OH is 3. The first-order valence-electron chi connectivity index (χ1n) is 7.50. The third-order valence-electron chi connectivity index (χ3n) is 4.12. The fraction of sp³-hybridized carbons (Fsp3) is 0.538. The molecule has 142 valence electrons. The van der Waals surface area contributed by atoms with E-state index in [9.17, 15) is 29.7 Å². The van der Waals surface area contributed by atoms with Crippen LogP contribution in [0.3, 0.4) is 0 Å². The highest BCUT2D eigenvalue weighted by Crippen LogP contribution is 2.30. The predicted molar refractivity (Wildman–Crippen MR) is 84.1 cm³/mol. The average molecular weight is 371 g/mol. The van der Waals surface area contributed by atoms with Gasteiger partial charge in [0.1, 0.15) is 24.9 Å². The Bertz CT molecular complexity index is 962. The van der Waals surface area contributed by atoms with Crippen molar-refractivity contribution in [2.75, 3.05) is 19.5 Å². The Balaban J connectivity index is 2.26. The zero-order valence-electron chi connectivity index (χ0n) is 13.5. The second-order valence-corrected chi connectivity index (χ2v) is 5.67. The molecule has 0 aliphatic carbocycles. The van der Waals surface area contributed by atoms with Crippen molar-refractivity contribution in [3.8, 4) is 0 Å². The Kier molecular flexibility index (Phi) is 4.53. The van der Waals surface area contributed by atoms with Gasteiger partial charge in [0.15, 0.2) is 17.4 Å². The molecule has 1 aliphatic heterocycles. The number of imidazole rings is 1. The van der Waals surface area contributed by atoms with Crippen molar-refractivity contribution >= 4 is 23.1 Å². The van der Waals surface area contributed by atoms with Crippen LogP contribution < -0.4 is 17.0 Å². The number of hydrogen-bond donors (Lipinski definition) is 5. The number of H-pyrrole nitrogens is 1. The van der Waals surface area contributed by atoms with E-state index < -0.39 is 54.9 Å². The molecule has 0 amide bonds. The number of rotatable bonds is 4. The Morgan fingerprint density at radius 1 is 1.38 bits per heavy atom. The Morgan fingerprint density at radius 3 is 2.65 bits per heavy atom. The quantitative estimate of drug-likeness (QED) is 0.333. The van der Waals surface area contributed by atoms with Crippen molar-refractivity contribution in [3.05, 3.63) is 20.8 Å². The van der Waals surface area contributed by atoms with E-state index >= 15 is 0 Å². The second kappa shape index (κ2) is 6.53. The first kappa shape index (κ1) is 18.1. The third kappa shape index (κ3) is 2.66. The van der Waals surface area contributed by atoms with Crippen molar-refractivity contribution in [1.82, 2.24) is 19.1 Å². The zero-order chi connectivity index (χ0) is 19.2. The molecule has 0 spiro atoms. The van der Waals surface area contributed by atoms with Crippen LogP contribution in [-0.2, 0) is 20.8 Å². The minimum Gasteiger partial charge on any atom is -0.468 e. The third-order valence-corrected chi connectivity index (χ3v) is 4.12. The molecule has 3 rings (SSSR count). The summed E-state index contributed by atoms with van der Waals surface area (Å²) >= 11 is 0. The maximum Gasteiger partial charge on any atom is 0.333 e. The molecule has 1 fully saturated rings.